The van der Waals surface area contributed by atoms with E-state index in [1.54, 1.807) is 0 Å². The molecule has 3 nitrogen and oxygen atoms in total. The van der Waals surface area contributed by atoms with Crippen molar-refractivity contribution in [3.8, 4) is 0 Å². The van der Waals surface area contributed by atoms with Gasteiger partial charge >= 0.3 is 0 Å². The van der Waals surface area contributed by atoms with Gasteiger partial charge in [0, 0.05) is 12.6 Å². The molecule has 16 heavy (non-hydrogen) atoms. The van der Waals surface area contributed by atoms with Gasteiger partial charge in [-0.15, -0.1) is 0 Å². The first kappa shape index (κ1) is 11.0. The van der Waals surface area contributed by atoms with Gasteiger partial charge in [-0.2, -0.15) is 0 Å². The molecular weight excluding hydrogens is 214 g/mol. The number of anilines is 1. The van der Waals surface area contributed by atoms with Crippen LogP contribution in [0.5, 0.6) is 0 Å². The lowest BCUT2D eigenvalue weighted by molar-refractivity contribution is -0.120. The zero-order chi connectivity index (χ0) is 11.8. The summed E-state index contributed by atoms with van der Waals surface area (Å²) in [6.45, 7) is 0.252. The molecule has 0 aromatic heterocycles. The van der Waals surface area contributed by atoms with E-state index in [1.165, 1.54) is 6.07 Å². The van der Waals surface area contributed by atoms with Gasteiger partial charge in [-0.3, -0.25) is 4.79 Å². The Morgan fingerprint density at radius 1 is 1.44 bits per heavy atom. The normalized spacial score (nSPS) is 16.9. The third-order valence-corrected chi connectivity index (χ3v) is 2.91. The second-order valence-corrected chi connectivity index (χ2v) is 4.06. The van der Waals surface area contributed by atoms with Crippen molar-refractivity contribution in [1.29, 1.82) is 0 Å². The van der Waals surface area contributed by atoms with Crippen LogP contribution in [0.3, 0.4) is 0 Å². The molecule has 0 aliphatic heterocycles. The van der Waals surface area contributed by atoms with E-state index in [0.717, 1.165) is 25.0 Å². The average Bonchev–Trinajstić information content (AvgIpc) is 3.03. The molecule has 1 amide bonds. The lowest BCUT2D eigenvalue weighted by Gasteiger charge is -2.13. The molecule has 2 rings (SSSR count). The van der Waals surface area contributed by atoms with E-state index >= 15 is 0 Å². The van der Waals surface area contributed by atoms with Crippen LogP contribution < -0.4 is 11.1 Å². The minimum atomic E-state index is -0.777. The monoisotopic (exact) mass is 226 g/mol. The van der Waals surface area contributed by atoms with Crippen LogP contribution in [0, 0.1) is 17.0 Å². The Labute approximate surface area is 91.6 Å². The van der Waals surface area contributed by atoms with Gasteiger partial charge in [0.2, 0.25) is 5.91 Å². The minimum Gasteiger partial charge on any atom is -0.329 e. The first-order valence-corrected chi connectivity index (χ1v) is 5.04. The maximum atomic E-state index is 13.2. The second kappa shape index (κ2) is 3.83. The van der Waals surface area contributed by atoms with Crippen LogP contribution in [0.2, 0.25) is 0 Å². The Morgan fingerprint density at radius 3 is 2.62 bits per heavy atom. The molecule has 0 saturated heterocycles. The number of nitrogens with one attached hydrogen (secondary N) is 1. The van der Waals surface area contributed by atoms with Crippen LogP contribution in [-0.4, -0.2) is 12.5 Å². The third kappa shape index (κ3) is 1.90. The molecule has 5 heteroatoms. The highest BCUT2D eigenvalue weighted by atomic mass is 19.1. The largest absolute Gasteiger partial charge is 0.329 e. The molecule has 1 aliphatic carbocycles. The highest BCUT2D eigenvalue weighted by Crippen LogP contribution is 2.45. The van der Waals surface area contributed by atoms with E-state index in [1.807, 2.05) is 0 Å². The molecule has 3 N–H and O–H groups in total. The molecule has 0 radical (unpaired) electrons. The van der Waals surface area contributed by atoms with Gasteiger partial charge in [-0.25, -0.2) is 8.78 Å². The Bertz CT molecular complexity index is 430. The summed E-state index contributed by atoms with van der Waals surface area (Å²) in [5, 5.41) is 2.43. The van der Waals surface area contributed by atoms with E-state index in [4.69, 9.17) is 5.73 Å². The number of benzene rings is 1. The maximum Gasteiger partial charge on any atom is 0.231 e. The van der Waals surface area contributed by atoms with Gasteiger partial charge in [0.25, 0.3) is 0 Å². The Hall–Kier alpha value is -1.49. The van der Waals surface area contributed by atoms with Gasteiger partial charge in [0.05, 0.1) is 11.1 Å². The number of halogens is 2. The second-order valence-electron chi connectivity index (χ2n) is 4.06. The van der Waals surface area contributed by atoms with E-state index in [0.29, 0.717) is 0 Å². The number of rotatable bonds is 3. The SMILES string of the molecule is NCC1(C(=O)Nc2ccc(F)cc2F)CC1. The Balaban J connectivity index is 2.12. The fraction of sp³-hybridized carbons (Fsp3) is 0.364. The summed E-state index contributed by atoms with van der Waals surface area (Å²) in [6, 6.07) is 3.04. The third-order valence-electron chi connectivity index (χ3n) is 2.91. The minimum absolute atomic E-state index is 0.00822. The van der Waals surface area contributed by atoms with Crippen LogP contribution in [-0.2, 0) is 4.79 Å². The van der Waals surface area contributed by atoms with Crippen molar-refractivity contribution < 1.29 is 13.6 Å². The van der Waals surface area contributed by atoms with E-state index in [2.05, 4.69) is 5.32 Å². The smallest absolute Gasteiger partial charge is 0.231 e. The quantitative estimate of drug-likeness (QED) is 0.823. The van der Waals surface area contributed by atoms with E-state index < -0.39 is 17.0 Å². The zero-order valence-electron chi connectivity index (χ0n) is 8.59. The number of carbonyl (C=O) groups is 1. The summed E-state index contributed by atoms with van der Waals surface area (Å²) < 4.78 is 25.9. The van der Waals surface area contributed by atoms with E-state index in [9.17, 15) is 13.6 Å². The van der Waals surface area contributed by atoms with Gasteiger partial charge in [0.1, 0.15) is 11.6 Å². The molecule has 86 valence electrons. The maximum absolute atomic E-state index is 13.2. The number of nitrogens with two attached hydrogens (primary N) is 1. The van der Waals surface area contributed by atoms with Crippen molar-refractivity contribution in [1.82, 2.24) is 0 Å². The summed E-state index contributed by atoms with van der Waals surface area (Å²) in [4.78, 5) is 11.7. The molecule has 0 heterocycles. The highest BCUT2D eigenvalue weighted by Gasteiger charge is 2.48. The zero-order valence-corrected chi connectivity index (χ0v) is 8.59. The molecule has 0 atom stereocenters. The topological polar surface area (TPSA) is 55.1 Å². The molecule has 1 aromatic carbocycles. The number of carbonyl (C=O) groups excluding carboxylic acids is 1. The van der Waals surface area contributed by atoms with Gasteiger partial charge in [-0.1, -0.05) is 0 Å². The summed E-state index contributed by atoms with van der Waals surface area (Å²) in [5.41, 5.74) is 4.92. The number of hydrogen-bond donors (Lipinski definition) is 2. The van der Waals surface area contributed by atoms with Crippen molar-refractivity contribution in [2.24, 2.45) is 11.1 Å². The molecular formula is C11H12F2N2O. The molecule has 0 unspecified atom stereocenters. The van der Waals surface area contributed by atoms with E-state index in [-0.39, 0.29) is 18.1 Å². The summed E-state index contributed by atoms with van der Waals surface area (Å²) >= 11 is 0. The Kier molecular flexibility index (Phi) is 2.63. The van der Waals surface area contributed by atoms with Crippen LogP contribution in [0.15, 0.2) is 18.2 Å². The summed E-state index contributed by atoms with van der Waals surface area (Å²) in [7, 11) is 0. The summed E-state index contributed by atoms with van der Waals surface area (Å²) in [6.07, 6.45) is 1.44. The van der Waals surface area contributed by atoms with Crippen LogP contribution in [0.25, 0.3) is 0 Å². The average molecular weight is 226 g/mol. The fourth-order valence-electron chi connectivity index (χ4n) is 1.52. The van der Waals surface area contributed by atoms with Gasteiger partial charge in [-0.05, 0) is 25.0 Å². The van der Waals surface area contributed by atoms with Crippen LogP contribution >= 0.6 is 0 Å². The molecule has 1 saturated carbocycles. The first-order chi connectivity index (χ1) is 7.57. The van der Waals surface area contributed by atoms with Crippen molar-refractivity contribution in [3.05, 3.63) is 29.8 Å². The Morgan fingerprint density at radius 2 is 2.12 bits per heavy atom. The number of amides is 1. The van der Waals surface area contributed by atoms with Gasteiger partial charge < -0.3 is 11.1 Å². The number of hydrogen-bond acceptors (Lipinski definition) is 2. The summed E-state index contributed by atoms with van der Waals surface area (Å²) in [5.74, 6) is -1.74. The molecule has 0 spiro atoms. The predicted molar refractivity (Wildman–Crippen MR) is 55.7 cm³/mol. The van der Waals surface area contributed by atoms with Crippen molar-refractivity contribution in [2.75, 3.05) is 11.9 Å². The van der Waals surface area contributed by atoms with Crippen LogP contribution in [0.1, 0.15) is 12.8 Å². The van der Waals surface area contributed by atoms with Crippen molar-refractivity contribution in [2.45, 2.75) is 12.8 Å². The molecule has 1 fully saturated rings. The molecule has 1 aliphatic rings. The fourth-order valence-corrected chi connectivity index (χ4v) is 1.52. The lowest BCUT2D eigenvalue weighted by Crippen LogP contribution is -2.31. The van der Waals surface area contributed by atoms with Crippen molar-refractivity contribution in [3.63, 3.8) is 0 Å². The van der Waals surface area contributed by atoms with Crippen molar-refractivity contribution >= 4 is 11.6 Å². The molecule has 0 bridgehead atoms. The predicted octanol–water partition coefficient (Wildman–Crippen LogP) is 1.64. The standard InChI is InChI=1S/C11H12F2N2O/c12-7-1-2-9(8(13)5-7)15-10(16)11(6-14)3-4-11/h1-2,5H,3-4,6,14H2,(H,15,16). The van der Waals surface area contributed by atoms with Crippen LogP contribution in [0.4, 0.5) is 14.5 Å². The first-order valence-electron chi connectivity index (χ1n) is 5.04. The highest BCUT2D eigenvalue weighted by molar-refractivity contribution is 5.97. The van der Waals surface area contributed by atoms with Gasteiger partial charge in [0.15, 0.2) is 0 Å². The lowest BCUT2D eigenvalue weighted by atomic mass is 10.1. The molecule has 1 aromatic rings.